The maximum atomic E-state index is 12.5. The number of carbonyl (C=O) groups excluding carboxylic acids is 1. The molecule has 0 heterocycles. The Morgan fingerprint density at radius 1 is 0.917 bits per heavy atom. The van der Waals surface area contributed by atoms with Crippen molar-refractivity contribution in [2.24, 2.45) is 0 Å². The van der Waals surface area contributed by atoms with Crippen molar-refractivity contribution < 1.29 is 30.7 Å². The van der Waals surface area contributed by atoms with Crippen molar-refractivity contribution in [3.8, 4) is 0 Å². The number of carbonyl (C=O) groups is 1. The predicted octanol–water partition coefficient (Wildman–Crippen LogP) is 0.575. The monoisotopic (exact) mass is 372 g/mol. The first-order valence-corrected chi connectivity index (χ1v) is 9.08. The van der Waals surface area contributed by atoms with Gasteiger partial charge in [-0.25, -0.2) is 0 Å². The zero-order chi connectivity index (χ0) is 18.3. The minimum atomic E-state index is -4.77. The lowest BCUT2D eigenvalue weighted by atomic mass is 10.0. The summed E-state index contributed by atoms with van der Waals surface area (Å²) in [5.74, 6) is -0.817. The van der Waals surface area contributed by atoms with E-state index in [2.05, 4.69) is 0 Å². The van der Waals surface area contributed by atoms with E-state index in [1.54, 1.807) is 0 Å². The van der Waals surface area contributed by atoms with E-state index < -0.39 is 41.5 Å². The average molecular weight is 372 g/mol. The maximum Gasteiger partial charge on any atom is 0.298 e. The molecule has 0 atom stereocenters. The van der Waals surface area contributed by atoms with Crippen molar-refractivity contribution in [2.75, 3.05) is 11.5 Å². The summed E-state index contributed by atoms with van der Waals surface area (Å²) in [6.07, 6.45) is 0. The number of rotatable bonds is 4. The van der Waals surface area contributed by atoms with E-state index in [-0.39, 0.29) is 16.8 Å². The second-order valence-corrected chi connectivity index (χ2v) is 7.53. The normalized spacial score (nSPS) is 12.1. The first kappa shape index (κ1) is 17.9. The van der Waals surface area contributed by atoms with Crippen LogP contribution in [0.3, 0.4) is 0 Å². The Morgan fingerprint density at radius 2 is 1.54 bits per heavy atom. The first-order valence-electron chi connectivity index (χ1n) is 6.20. The van der Waals surface area contributed by atoms with Crippen LogP contribution >= 0.6 is 0 Å². The number of nitrogens with two attached hydrogens (primary N) is 2. The van der Waals surface area contributed by atoms with Gasteiger partial charge in [-0.3, -0.25) is 13.9 Å². The van der Waals surface area contributed by atoms with Crippen LogP contribution in [0.25, 0.3) is 0 Å². The summed E-state index contributed by atoms with van der Waals surface area (Å²) in [5.41, 5.74) is 9.69. The minimum Gasteiger partial charge on any atom is -0.398 e. The number of ketones is 1. The van der Waals surface area contributed by atoms with Gasteiger partial charge in [0.15, 0.2) is 5.78 Å². The molecule has 0 fully saturated rings. The summed E-state index contributed by atoms with van der Waals surface area (Å²) in [7, 11) is -9.30. The number of nitrogen functional groups attached to an aromatic ring is 2. The van der Waals surface area contributed by atoms with Gasteiger partial charge in [0.2, 0.25) is 0 Å². The van der Waals surface area contributed by atoms with E-state index in [1.165, 1.54) is 12.1 Å². The summed E-state index contributed by atoms with van der Waals surface area (Å²) < 4.78 is 63.1. The Labute approximate surface area is 137 Å². The molecule has 11 heteroatoms. The topological polar surface area (TPSA) is 178 Å². The summed E-state index contributed by atoms with van der Waals surface area (Å²) in [5, 5.41) is 0. The molecular weight excluding hydrogens is 360 g/mol. The molecule has 2 aromatic carbocycles. The highest BCUT2D eigenvalue weighted by molar-refractivity contribution is 7.86. The van der Waals surface area contributed by atoms with Gasteiger partial charge in [0.25, 0.3) is 20.2 Å². The lowest BCUT2D eigenvalue weighted by molar-refractivity contribution is 0.103. The maximum absolute atomic E-state index is 12.5. The summed E-state index contributed by atoms with van der Waals surface area (Å²) >= 11 is 0. The highest BCUT2D eigenvalue weighted by Crippen LogP contribution is 2.30. The van der Waals surface area contributed by atoms with Gasteiger partial charge in [-0.2, -0.15) is 16.8 Å². The fourth-order valence-electron chi connectivity index (χ4n) is 2.06. The van der Waals surface area contributed by atoms with Crippen LogP contribution in [-0.2, 0) is 20.2 Å². The minimum absolute atomic E-state index is 0.164. The van der Waals surface area contributed by atoms with Gasteiger partial charge in [0.05, 0.1) is 16.3 Å². The van der Waals surface area contributed by atoms with Crippen molar-refractivity contribution >= 4 is 37.4 Å². The second kappa shape index (κ2) is 5.87. The zero-order valence-corrected chi connectivity index (χ0v) is 13.5. The molecule has 128 valence electrons. The molecule has 0 aliphatic carbocycles. The Hall–Kier alpha value is -2.47. The van der Waals surface area contributed by atoms with Crippen LogP contribution in [0.4, 0.5) is 11.4 Å². The van der Waals surface area contributed by atoms with Gasteiger partial charge in [-0.1, -0.05) is 12.1 Å². The number of benzene rings is 2. The van der Waals surface area contributed by atoms with Crippen LogP contribution < -0.4 is 11.5 Å². The summed E-state index contributed by atoms with van der Waals surface area (Å²) in [4.78, 5) is 11.1. The van der Waals surface area contributed by atoms with E-state index in [4.69, 9.17) is 20.6 Å². The third kappa shape index (κ3) is 3.38. The second-order valence-electron chi connectivity index (χ2n) is 4.75. The Bertz CT molecular complexity index is 1040. The summed E-state index contributed by atoms with van der Waals surface area (Å²) in [6.45, 7) is 0. The fourth-order valence-corrected chi connectivity index (χ4v) is 3.34. The molecule has 6 N–H and O–H groups in total. The van der Waals surface area contributed by atoms with Gasteiger partial charge in [0.1, 0.15) is 4.90 Å². The highest BCUT2D eigenvalue weighted by atomic mass is 32.2. The molecule has 0 radical (unpaired) electrons. The quantitative estimate of drug-likeness (QED) is 0.339. The molecule has 2 rings (SSSR count). The van der Waals surface area contributed by atoms with Crippen molar-refractivity contribution in [1.82, 2.24) is 0 Å². The van der Waals surface area contributed by atoms with Crippen LogP contribution in [0.5, 0.6) is 0 Å². The molecule has 0 bridgehead atoms. The van der Waals surface area contributed by atoms with E-state index >= 15 is 0 Å². The third-order valence-corrected chi connectivity index (χ3v) is 4.94. The van der Waals surface area contributed by atoms with E-state index in [1.807, 2.05) is 0 Å². The smallest absolute Gasteiger partial charge is 0.298 e. The molecule has 0 aliphatic rings. The van der Waals surface area contributed by atoms with Crippen molar-refractivity contribution in [2.45, 2.75) is 9.79 Å². The molecule has 0 saturated carbocycles. The molecule has 0 aliphatic heterocycles. The van der Waals surface area contributed by atoms with E-state index in [0.29, 0.717) is 0 Å². The summed E-state index contributed by atoms with van der Waals surface area (Å²) in [6, 6.07) is 6.65. The van der Waals surface area contributed by atoms with Crippen LogP contribution in [-0.4, -0.2) is 31.7 Å². The Kier molecular flexibility index (Phi) is 4.37. The van der Waals surface area contributed by atoms with Crippen LogP contribution in [0, 0.1) is 0 Å². The van der Waals surface area contributed by atoms with Crippen molar-refractivity contribution in [3.63, 3.8) is 0 Å². The van der Waals surface area contributed by atoms with Gasteiger partial charge in [0, 0.05) is 11.1 Å². The lowest BCUT2D eigenvalue weighted by Crippen LogP contribution is -2.13. The molecular formula is C13H12N2O7S2. The molecule has 24 heavy (non-hydrogen) atoms. The Morgan fingerprint density at radius 3 is 2.08 bits per heavy atom. The van der Waals surface area contributed by atoms with E-state index in [9.17, 15) is 21.6 Å². The molecule has 0 unspecified atom stereocenters. The predicted molar refractivity (Wildman–Crippen MR) is 84.8 cm³/mol. The largest absolute Gasteiger partial charge is 0.398 e. The highest BCUT2D eigenvalue weighted by Gasteiger charge is 2.24. The standard InChI is InChI=1S/C13H12N2O7S2/c14-10-5-4-9(11(15)13(10)24(20,21)22)12(16)7-2-1-3-8(6-7)23(17,18)19/h1-6H,14-15H2,(H,17,18,19)(H,20,21,22). The molecule has 0 saturated heterocycles. The van der Waals surface area contributed by atoms with E-state index in [0.717, 1.165) is 24.3 Å². The molecule has 0 spiro atoms. The van der Waals surface area contributed by atoms with Gasteiger partial charge >= 0.3 is 0 Å². The number of hydrogen-bond acceptors (Lipinski definition) is 7. The first-order chi connectivity index (χ1) is 10.9. The van der Waals surface area contributed by atoms with Crippen LogP contribution in [0.2, 0.25) is 0 Å². The molecule has 0 amide bonds. The third-order valence-electron chi connectivity index (χ3n) is 3.12. The van der Waals surface area contributed by atoms with Crippen molar-refractivity contribution in [1.29, 1.82) is 0 Å². The SMILES string of the molecule is Nc1ccc(C(=O)c2cccc(S(=O)(=O)O)c2)c(N)c1S(=O)(=O)O. The average Bonchev–Trinajstić information content (AvgIpc) is 2.44. The van der Waals surface area contributed by atoms with Crippen LogP contribution in [0.1, 0.15) is 15.9 Å². The molecule has 0 aromatic heterocycles. The van der Waals surface area contributed by atoms with Crippen molar-refractivity contribution in [3.05, 3.63) is 47.5 Å². The van der Waals surface area contributed by atoms with Gasteiger partial charge < -0.3 is 11.5 Å². The van der Waals surface area contributed by atoms with Crippen LogP contribution in [0.15, 0.2) is 46.2 Å². The van der Waals surface area contributed by atoms with Gasteiger partial charge in [-0.15, -0.1) is 0 Å². The lowest BCUT2D eigenvalue weighted by Gasteiger charge is -2.11. The van der Waals surface area contributed by atoms with Gasteiger partial charge in [-0.05, 0) is 24.3 Å². The molecule has 9 nitrogen and oxygen atoms in total. The Balaban J connectivity index is 2.65. The number of hydrogen-bond donors (Lipinski definition) is 4. The molecule has 2 aromatic rings. The fraction of sp³-hybridized carbons (Fsp3) is 0. The zero-order valence-electron chi connectivity index (χ0n) is 11.9. The number of anilines is 2.